The summed E-state index contributed by atoms with van der Waals surface area (Å²) in [4.78, 5) is 38.1. The van der Waals surface area contributed by atoms with Gasteiger partial charge in [-0.1, -0.05) is 18.7 Å². The molecule has 0 bridgehead atoms. The highest BCUT2D eigenvalue weighted by atomic mass is 32.2. The molecule has 2 heterocycles. The minimum absolute atomic E-state index is 0.0675. The van der Waals surface area contributed by atoms with E-state index in [9.17, 15) is 19.3 Å². The van der Waals surface area contributed by atoms with Gasteiger partial charge in [0.1, 0.15) is 22.6 Å². The Balaban J connectivity index is 1.49. The van der Waals surface area contributed by atoms with Gasteiger partial charge in [-0.3, -0.25) is 18.7 Å². The van der Waals surface area contributed by atoms with Gasteiger partial charge >= 0.3 is 19.5 Å². The molecule has 3 aromatic rings. The lowest BCUT2D eigenvalue weighted by Crippen LogP contribution is -2.27. The smallest absolute Gasteiger partial charge is 0.359 e. The number of hydrogen-bond acceptors (Lipinski definition) is 13. The van der Waals surface area contributed by atoms with E-state index in [4.69, 9.17) is 29.0 Å². The summed E-state index contributed by atoms with van der Waals surface area (Å²) in [5.41, 5.74) is 4.52. The van der Waals surface area contributed by atoms with Crippen molar-refractivity contribution in [2.75, 3.05) is 32.6 Å². The monoisotopic (exact) mass is 679 g/mol. The Bertz CT molecular complexity index is 1610. The number of aliphatic carboxylic acids is 1. The summed E-state index contributed by atoms with van der Waals surface area (Å²) in [6.07, 6.45) is 1.91. The summed E-state index contributed by atoms with van der Waals surface area (Å²) in [6.45, 7) is 9.66. The van der Waals surface area contributed by atoms with Crippen LogP contribution >= 0.6 is 19.4 Å². The number of ether oxygens (including phenoxy) is 3. The molecule has 1 saturated carbocycles. The Kier molecular flexibility index (Phi) is 10.7. The van der Waals surface area contributed by atoms with Crippen LogP contribution in [0.25, 0.3) is 11.2 Å². The fourth-order valence-electron chi connectivity index (χ4n) is 4.33. The number of carbonyl (C=O) groups excluding carboxylic acids is 1. The molecular formula is C30H42N5O9PS. The van der Waals surface area contributed by atoms with Gasteiger partial charge in [0.25, 0.3) is 0 Å². The highest BCUT2D eigenvalue weighted by Gasteiger charge is 2.54. The first-order chi connectivity index (χ1) is 21.5. The van der Waals surface area contributed by atoms with Gasteiger partial charge in [-0.2, -0.15) is 4.98 Å². The van der Waals surface area contributed by atoms with Crippen molar-refractivity contribution in [3.05, 3.63) is 30.6 Å². The standard InChI is InChI=1S/C30H42N5O9PS/c1-19-14-30(19,42-18-45(39,43-13-12-29(5,6)25(36)37)44-17-41-26(38)28(2,3)4)15-35-16-32-22-23(35)33-27(31)34-24(22)46-21-10-8-20(40-7)9-11-21/h8-11,16,19H,12-15,17-18H2,1-7H3,(H,36,37)(H2,31,33,34). The molecule has 16 heteroatoms. The van der Waals surface area contributed by atoms with Gasteiger partial charge < -0.3 is 34.1 Å². The van der Waals surface area contributed by atoms with Crippen molar-refractivity contribution in [2.45, 2.75) is 76.5 Å². The number of fused-ring (bicyclic) bond motifs is 1. The normalized spacial score (nSPS) is 19.5. The molecular weight excluding hydrogens is 637 g/mol. The molecule has 1 fully saturated rings. The van der Waals surface area contributed by atoms with E-state index >= 15 is 0 Å². The number of methoxy groups -OCH3 is 1. The van der Waals surface area contributed by atoms with E-state index in [1.165, 1.54) is 11.8 Å². The summed E-state index contributed by atoms with van der Waals surface area (Å²) >= 11 is 1.40. The lowest BCUT2D eigenvalue weighted by atomic mass is 9.90. The van der Waals surface area contributed by atoms with Gasteiger partial charge in [-0.05, 0) is 77.6 Å². The topological polar surface area (TPSA) is 187 Å². The molecule has 0 spiro atoms. The number of anilines is 1. The molecule has 3 unspecified atom stereocenters. The molecule has 252 valence electrons. The van der Waals surface area contributed by atoms with Gasteiger partial charge in [0.2, 0.25) is 12.7 Å². The van der Waals surface area contributed by atoms with Crippen LogP contribution in [0.15, 0.2) is 40.5 Å². The molecule has 0 radical (unpaired) electrons. The van der Waals surface area contributed by atoms with E-state index in [1.54, 1.807) is 48.1 Å². The van der Waals surface area contributed by atoms with Gasteiger partial charge in [-0.15, -0.1) is 0 Å². The van der Waals surface area contributed by atoms with Crippen LogP contribution in [-0.4, -0.2) is 69.0 Å². The molecule has 2 aromatic heterocycles. The van der Waals surface area contributed by atoms with Crippen LogP contribution in [0, 0.1) is 16.7 Å². The first-order valence-corrected chi connectivity index (χ1v) is 17.2. The number of aromatic nitrogens is 4. The molecule has 0 aliphatic heterocycles. The lowest BCUT2D eigenvalue weighted by Gasteiger charge is -2.25. The number of carbonyl (C=O) groups is 2. The molecule has 1 aliphatic carbocycles. The first kappa shape index (κ1) is 35.6. The van der Waals surface area contributed by atoms with E-state index in [1.807, 2.05) is 35.8 Å². The maximum atomic E-state index is 13.8. The third kappa shape index (κ3) is 8.77. The third-order valence-corrected chi connectivity index (χ3v) is 10.2. The lowest BCUT2D eigenvalue weighted by molar-refractivity contribution is -0.160. The number of imidazole rings is 1. The zero-order chi connectivity index (χ0) is 33.9. The maximum absolute atomic E-state index is 13.8. The number of nitrogens with two attached hydrogens (primary N) is 1. The largest absolute Gasteiger partial charge is 0.497 e. The second kappa shape index (κ2) is 13.9. The number of hydrogen-bond donors (Lipinski definition) is 2. The zero-order valence-corrected chi connectivity index (χ0v) is 28.9. The van der Waals surface area contributed by atoms with Crippen molar-refractivity contribution in [1.29, 1.82) is 0 Å². The molecule has 1 aliphatic rings. The predicted octanol–water partition coefficient (Wildman–Crippen LogP) is 5.60. The third-order valence-electron chi connectivity index (χ3n) is 7.71. The highest BCUT2D eigenvalue weighted by molar-refractivity contribution is 7.99. The van der Waals surface area contributed by atoms with E-state index in [2.05, 4.69) is 15.0 Å². The molecule has 14 nitrogen and oxygen atoms in total. The van der Waals surface area contributed by atoms with E-state index in [0.29, 0.717) is 29.2 Å². The number of nitrogens with zero attached hydrogens (tertiary/aromatic N) is 4. The average molecular weight is 680 g/mol. The molecule has 0 saturated heterocycles. The quantitative estimate of drug-likeness (QED) is 0.0825. The van der Waals surface area contributed by atoms with E-state index in [0.717, 1.165) is 10.6 Å². The Hall–Kier alpha value is -3.23. The molecule has 1 aromatic carbocycles. The Morgan fingerprint density at radius 1 is 1.15 bits per heavy atom. The fourth-order valence-corrected chi connectivity index (χ4v) is 6.43. The van der Waals surface area contributed by atoms with Crippen LogP contribution < -0.4 is 10.5 Å². The fraction of sp³-hybridized carbons (Fsp3) is 0.567. The summed E-state index contributed by atoms with van der Waals surface area (Å²) < 4.78 is 43.4. The molecule has 4 rings (SSSR count). The minimum atomic E-state index is -4.00. The van der Waals surface area contributed by atoms with Gasteiger partial charge in [0.15, 0.2) is 5.65 Å². The van der Waals surface area contributed by atoms with Crippen LogP contribution in [0.5, 0.6) is 5.75 Å². The Morgan fingerprint density at radius 3 is 2.41 bits per heavy atom. The van der Waals surface area contributed by atoms with Crippen molar-refractivity contribution >= 4 is 48.4 Å². The minimum Gasteiger partial charge on any atom is -0.497 e. The Morgan fingerprint density at radius 2 is 1.83 bits per heavy atom. The van der Waals surface area contributed by atoms with Crippen molar-refractivity contribution in [3.63, 3.8) is 0 Å². The average Bonchev–Trinajstić information content (AvgIpc) is 3.44. The predicted molar refractivity (Wildman–Crippen MR) is 170 cm³/mol. The highest BCUT2D eigenvalue weighted by Crippen LogP contribution is 2.55. The number of carboxylic acids is 1. The number of rotatable bonds is 16. The van der Waals surface area contributed by atoms with Crippen LogP contribution in [-0.2, 0) is 39.2 Å². The summed E-state index contributed by atoms with van der Waals surface area (Å²) in [5, 5.41) is 10.0. The summed E-state index contributed by atoms with van der Waals surface area (Å²) in [6, 6.07) is 7.53. The van der Waals surface area contributed by atoms with Crippen LogP contribution in [0.1, 0.15) is 54.4 Å². The van der Waals surface area contributed by atoms with Crippen LogP contribution in [0.4, 0.5) is 5.95 Å². The van der Waals surface area contributed by atoms with Crippen molar-refractivity contribution < 1.29 is 42.5 Å². The van der Waals surface area contributed by atoms with E-state index < -0.39 is 49.1 Å². The second-order valence-corrected chi connectivity index (χ2v) is 16.0. The number of carboxylic acid groups (broad SMARTS) is 1. The Labute approximate surface area is 272 Å². The maximum Gasteiger partial charge on any atom is 0.359 e. The number of nitrogen functional groups attached to an aromatic ring is 1. The number of esters is 1. The van der Waals surface area contributed by atoms with Gasteiger partial charge in [0, 0.05) is 4.90 Å². The summed E-state index contributed by atoms with van der Waals surface area (Å²) in [5.74, 6) is -0.660. The van der Waals surface area contributed by atoms with E-state index in [-0.39, 0.29) is 24.9 Å². The molecule has 3 N–H and O–H groups in total. The molecule has 46 heavy (non-hydrogen) atoms. The van der Waals surface area contributed by atoms with Crippen LogP contribution in [0.3, 0.4) is 0 Å². The van der Waals surface area contributed by atoms with Gasteiger partial charge in [-0.25, -0.2) is 9.97 Å². The van der Waals surface area contributed by atoms with Crippen molar-refractivity contribution in [1.82, 2.24) is 19.5 Å². The first-order valence-electron chi connectivity index (χ1n) is 14.7. The molecule has 0 amide bonds. The summed E-state index contributed by atoms with van der Waals surface area (Å²) in [7, 11) is -2.40. The zero-order valence-electron chi connectivity index (χ0n) is 27.1. The molecule has 3 atom stereocenters. The SMILES string of the molecule is COc1ccc(Sc2nc(N)nc3c2ncn3CC2(OCP(=O)(OCCC(C)(C)C(=O)O)OCOC(=O)C(C)(C)C)CC2C)cc1. The second-order valence-electron chi connectivity index (χ2n) is 13.0. The van der Waals surface area contributed by atoms with Crippen LogP contribution in [0.2, 0.25) is 0 Å². The number of benzene rings is 1. The van der Waals surface area contributed by atoms with Gasteiger partial charge in [0.05, 0.1) is 43.0 Å². The van der Waals surface area contributed by atoms with Crippen molar-refractivity contribution in [2.24, 2.45) is 16.7 Å². The van der Waals surface area contributed by atoms with Crippen molar-refractivity contribution in [3.8, 4) is 5.75 Å².